The van der Waals surface area contributed by atoms with Crippen LogP contribution in [0.25, 0.3) is 5.69 Å². The van der Waals surface area contributed by atoms with Crippen molar-refractivity contribution < 1.29 is 15.0 Å². The second-order valence-corrected chi connectivity index (χ2v) is 9.53. The number of aliphatic hydroxyl groups is 2. The molecule has 2 N–H and O–H groups in total. The minimum Gasteiger partial charge on any atom is -0.364 e. The third-order valence-electron chi connectivity index (χ3n) is 7.43. The Labute approximate surface area is 186 Å². The number of aliphatic hydroxyl groups excluding tert-OH is 1. The molecule has 2 fully saturated rings. The summed E-state index contributed by atoms with van der Waals surface area (Å²) in [5.74, 6) is 1.02. The van der Waals surface area contributed by atoms with Crippen molar-refractivity contribution in [3.63, 3.8) is 0 Å². The van der Waals surface area contributed by atoms with E-state index in [2.05, 4.69) is 33.1 Å². The van der Waals surface area contributed by atoms with Crippen molar-refractivity contribution in [3.8, 4) is 5.69 Å². The largest absolute Gasteiger partial charge is 0.364 e. The average molecular weight is 433 g/mol. The highest BCUT2D eigenvalue weighted by atomic mass is 16.5. The Morgan fingerprint density at radius 1 is 1.00 bits per heavy atom. The minimum absolute atomic E-state index is 0.234. The molecule has 7 heteroatoms. The number of hydrogen-bond donors (Lipinski definition) is 2. The van der Waals surface area contributed by atoms with Gasteiger partial charge in [0.2, 0.25) is 0 Å². The summed E-state index contributed by atoms with van der Waals surface area (Å²) in [4.78, 5) is 12.2. The first-order valence-electron chi connectivity index (χ1n) is 11.7. The molecule has 2 aromatic heterocycles. The first kappa shape index (κ1) is 19.9. The fourth-order valence-corrected chi connectivity index (χ4v) is 5.67. The Kier molecular flexibility index (Phi) is 4.77. The number of nitrogens with zero attached hydrogens (tertiary/aromatic N) is 4. The van der Waals surface area contributed by atoms with E-state index < -0.39 is 6.29 Å². The summed E-state index contributed by atoms with van der Waals surface area (Å²) in [6.45, 7) is 0. The molecule has 6 rings (SSSR count). The van der Waals surface area contributed by atoms with Crippen LogP contribution >= 0.6 is 0 Å². The molecule has 3 aliphatic rings. The highest BCUT2D eigenvalue weighted by Crippen LogP contribution is 2.45. The molecule has 2 heterocycles. The molecule has 2 saturated carbocycles. The van der Waals surface area contributed by atoms with Gasteiger partial charge >= 0.3 is 0 Å². The van der Waals surface area contributed by atoms with E-state index in [1.165, 1.54) is 5.56 Å². The average Bonchev–Trinajstić information content (AvgIpc) is 3.19. The number of aromatic nitrogens is 4. The maximum Gasteiger partial charge on any atom is 0.181 e. The first-order valence-corrected chi connectivity index (χ1v) is 11.7. The monoisotopic (exact) mass is 432 g/mol. The lowest BCUT2D eigenvalue weighted by Gasteiger charge is -2.18. The number of ketones is 1. The van der Waals surface area contributed by atoms with Gasteiger partial charge in [0.15, 0.2) is 12.1 Å². The van der Waals surface area contributed by atoms with Gasteiger partial charge < -0.3 is 10.2 Å². The van der Waals surface area contributed by atoms with Crippen LogP contribution in [-0.4, -0.2) is 35.6 Å². The van der Waals surface area contributed by atoms with Crippen LogP contribution in [0.5, 0.6) is 0 Å². The van der Waals surface area contributed by atoms with Crippen LogP contribution in [-0.2, 0) is 6.42 Å². The predicted molar refractivity (Wildman–Crippen MR) is 118 cm³/mol. The van der Waals surface area contributed by atoms with Gasteiger partial charge in [0.25, 0.3) is 0 Å². The Morgan fingerprint density at radius 2 is 1.84 bits per heavy atom. The second kappa shape index (κ2) is 7.67. The molecule has 0 amide bonds. The molecule has 0 spiro atoms. The molecule has 2 atom stereocenters. The lowest BCUT2D eigenvalue weighted by molar-refractivity contribution is -0.0431. The van der Waals surface area contributed by atoms with Crippen molar-refractivity contribution in [1.29, 1.82) is 0 Å². The molecule has 2 unspecified atom stereocenters. The topological polar surface area (TPSA) is 93.2 Å². The lowest BCUT2D eigenvalue weighted by Crippen LogP contribution is -2.16. The van der Waals surface area contributed by atoms with Crippen molar-refractivity contribution in [2.24, 2.45) is 0 Å². The zero-order valence-corrected chi connectivity index (χ0v) is 18.0. The molecule has 0 bridgehead atoms. The number of hydrogen-bond acceptors (Lipinski definition) is 5. The smallest absolute Gasteiger partial charge is 0.181 e. The van der Waals surface area contributed by atoms with Gasteiger partial charge in [-0.1, -0.05) is 12.1 Å². The molecule has 0 saturated heterocycles. The molecular formula is C25H28N4O3. The summed E-state index contributed by atoms with van der Waals surface area (Å²) >= 11 is 0. The van der Waals surface area contributed by atoms with Gasteiger partial charge in [0, 0.05) is 23.6 Å². The van der Waals surface area contributed by atoms with Crippen LogP contribution in [0.15, 0.2) is 36.7 Å². The fourth-order valence-electron chi connectivity index (χ4n) is 5.67. The maximum absolute atomic E-state index is 12.2. The third kappa shape index (κ3) is 3.31. The van der Waals surface area contributed by atoms with E-state index >= 15 is 0 Å². The second-order valence-electron chi connectivity index (χ2n) is 9.53. The van der Waals surface area contributed by atoms with Gasteiger partial charge in [-0.2, -0.15) is 10.2 Å². The number of rotatable bonds is 5. The molecule has 3 aliphatic carbocycles. The lowest BCUT2D eigenvalue weighted by atomic mass is 9.95. The summed E-state index contributed by atoms with van der Waals surface area (Å²) in [6.07, 6.45) is 9.66. The van der Waals surface area contributed by atoms with Gasteiger partial charge in [-0.15, -0.1) is 0 Å². The zero-order valence-electron chi connectivity index (χ0n) is 18.0. The van der Waals surface area contributed by atoms with Crippen LogP contribution in [0.4, 0.5) is 0 Å². The number of carbonyl (C=O) groups is 1. The number of fused-ring (bicyclic) bond motifs is 1. The maximum atomic E-state index is 12.2. The van der Waals surface area contributed by atoms with E-state index in [1.54, 1.807) is 12.4 Å². The van der Waals surface area contributed by atoms with Crippen molar-refractivity contribution in [3.05, 3.63) is 64.7 Å². The molecule has 0 radical (unpaired) electrons. The van der Waals surface area contributed by atoms with Crippen molar-refractivity contribution >= 4 is 5.78 Å². The summed E-state index contributed by atoms with van der Waals surface area (Å²) < 4.78 is 4.02. The van der Waals surface area contributed by atoms with Crippen molar-refractivity contribution in [1.82, 2.24) is 19.6 Å². The number of carbonyl (C=O) groups excluding carboxylic acids is 1. The van der Waals surface area contributed by atoms with E-state index in [0.29, 0.717) is 29.9 Å². The quantitative estimate of drug-likeness (QED) is 0.596. The summed E-state index contributed by atoms with van der Waals surface area (Å²) in [5.41, 5.74) is 5.65. The van der Waals surface area contributed by atoms with E-state index in [9.17, 15) is 15.0 Å². The van der Waals surface area contributed by atoms with Crippen LogP contribution in [0.2, 0.25) is 0 Å². The van der Waals surface area contributed by atoms with Gasteiger partial charge in [0.1, 0.15) is 0 Å². The molecule has 3 aromatic rings. The van der Waals surface area contributed by atoms with Gasteiger partial charge in [-0.25, -0.2) is 4.68 Å². The molecule has 7 nitrogen and oxygen atoms in total. The standard InChI is InChI=1S/C25H28N4O3/c30-23-6-2-5-22-20(23)13-26-28(22)19-10-9-17(12-19)16-3-1-4-18(11-16)29-24(15-7-8-15)21(14-27-29)25(31)32/h1,3-4,11,13-15,17,19,25,31-32H,2,5-10,12H2. The van der Waals surface area contributed by atoms with Crippen LogP contribution in [0.1, 0.15) is 102 Å². The van der Waals surface area contributed by atoms with Gasteiger partial charge in [0.05, 0.1) is 35.4 Å². The predicted octanol–water partition coefficient (Wildman–Crippen LogP) is 3.96. The van der Waals surface area contributed by atoms with E-state index in [4.69, 9.17) is 0 Å². The van der Waals surface area contributed by atoms with Crippen LogP contribution in [0.3, 0.4) is 0 Å². The number of benzene rings is 1. The minimum atomic E-state index is -1.50. The van der Waals surface area contributed by atoms with Crippen molar-refractivity contribution in [2.45, 2.75) is 75.5 Å². The van der Waals surface area contributed by atoms with Gasteiger partial charge in [-0.3, -0.25) is 9.48 Å². The SMILES string of the molecule is O=C1CCCc2c1cnn2C1CCC(c2cccc(-n3ncc(C(O)O)c3C3CC3)c2)C1. The Morgan fingerprint density at radius 3 is 2.66 bits per heavy atom. The van der Waals surface area contributed by atoms with Crippen LogP contribution < -0.4 is 0 Å². The fraction of sp³-hybridized carbons (Fsp3) is 0.480. The van der Waals surface area contributed by atoms with Gasteiger partial charge in [-0.05, 0) is 68.6 Å². The molecular weight excluding hydrogens is 404 g/mol. The number of Topliss-reactive ketones (excluding diaryl/α,β-unsaturated/α-hetero) is 1. The summed E-state index contributed by atoms with van der Waals surface area (Å²) in [7, 11) is 0. The van der Waals surface area contributed by atoms with Crippen LogP contribution in [0, 0.1) is 0 Å². The highest BCUT2D eigenvalue weighted by Gasteiger charge is 2.34. The molecule has 1 aromatic carbocycles. The molecule has 166 valence electrons. The molecule has 32 heavy (non-hydrogen) atoms. The normalized spacial score (nSPS) is 23.2. The molecule has 0 aliphatic heterocycles. The first-order chi connectivity index (χ1) is 15.6. The highest BCUT2D eigenvalue weighted by molar-refractivity contribution is 5.97. The Hall–Kier alpha value is -2.77. The van der Waals surface area contributed by atoms with E-state index in [-0.39, 0.29) is 5.78 Å². The van der Waals surface area contributed by atoms with E-state index in [1.807, 2.05) is 10.7 Å². The zero-order chi connectivity index (χ0) is 21.8. The Balaban J connectivity index is 1.26. The van der Waals surface area contributed by atoms with E-state index in [0.717, 1.165) is 67.6 Å². The van der Waals surface area contributed by atoms with Crippen molar-refractivity contribution in [2.75, 3.05) is 0 Å². The summed E-state index contributed by atoms with van der Waals surface area (Å²) in [5, 5.41) is 28.6. The Bertz CT molecular complexity index is 1170. The summed E-state index contributed by atoms with van der Waals surface area (Å²) in [6, 6.07) is 8.82. The third-order valence-corrected chi connectivity index (χ3v) is 7.43.